The van der Waals surface area contributed by atoms with Crippen LogP contribution in [0.1, 0.15) is 63.2 Å². The summed E-state index contributed by atoms with van der Waals surface area (Å²) in [4.78, 5) is 40.5. The first-order chi connectivity index (χ1) is 17.2. The van der Waals surface area contributed by atoms with Gasteiger partial charge in [0.25, 0.3) is 5.91 Å². The third kappa shape index (κ3) is 5.90. The van der Waals surface area contributed by atoms with Crippen molar-refractivity contribution >= 4 is 11.8 Å². The van der Waals surface area contributed by atoms with E-state index in [0.717, 1.165) is 29.1 Å². The van der Waals surface area contributed by atoms with Gasteiger partial charge in [-0.05, 0) is 63.4 Å². The third-order valence-corrected chi connectivity index (χ3v) is 6.40. The van der Waals surface area contributed by atoms with Crippen molar-refractivity contribution in [3.05, 3.63) is 87.8 Å². The molecule has 1 N–H and O–H groups in total. The number of aromatic nitrogens is 3. The molecule has 0 spiro atoms. The van der Waals surface area contributed by atoms with Crippen LogP contribution in [0.5, 0.6) is 0 Å². The normalized spacial score (nSPS) is 14.1. The summed E-state index contributed by atoms with van der Waals surface area (Å²) >= 11 is 0. The number of piperidine rings is 1. The summed E-state index contributed by atoms with van der Waals surface area (Å²) in [6, 6.07) is 7.44. The molecule has 2 aromatic heterocycles. The second-order valence-electron chi connectivity index (χ2n) is 9.19. The predicted molar refractivity (Wildman–Crippen MR) is 130 cm³/mol. The van der Waals surface area contributed by atoms with E-state index in [1.165, 1.54) is 6.07 Å². The zero-order chi connectivity index (χ0) is 25.8. The maximum atomic E-state index is 14.0. The van der Waals surface area contributed by atoms with E-state index in [1.54, 1.807) is 18.0 Å². The van der Waals surface area contributed by atoms with Crippen LogP contribution in [0.3, 0.4) is 0 Å². The SMILES string of the molecule is Cc1cc(CNC(=O)c2cnc(C)nc2C2CCN(C(=O)Cc3c(F)cccc3F)CC2)cc(C)n1. The van der Waals surface area contributed by atoms with Crippen LogP contribution in [0.25, 0.3) is 0 Å². The van der Waals surface area contributed by atoms with Gasteiger partial charge in [-0.15, -0.1) is 0 Å². The van der Waals surface area contributed by atoms with Crippen molar-refractivity contribution in [2.24, 2.45) is 0 Å². The third-order valence-electron chi connectivity index (χ3n) is 6.40. The molecular weight excluding hydrogens is 464 g/mol. The number of likely N-dealkylation sites (tertiary alicyclic amines) is 1. The number of nitrogens with zero attached hydrogens (tertiary/aromatic N) is 4. The van der Waals surface area contributed by atoms with Crippen LogP contribution in [0.15, 0.2) is 36.5 Å². The first-order valence-electron chi connectivity index (χ1n) is 12.0. The molecule has 9 heteroatoms. The molecule has 0 aliphatic carbocycles. The Bertz CT molecular complexity index is 1250. The number of hydrogen-bond donors (Lipinski definition) is 1. The Balaban J connectivity index is 1.42. The van der Waals surface area contributed by atoms with Gasteiger partial charge in [-0.1, -0.05) is 6.07 Å². The zero-order valence-electron chi connectivity index (χ0n) is 20.6. The van der Waals surface area contributed by atoms with Crippen LogP contribution < -0.4 is 5.32 Å². The Morgan fingerprint density at radius 1 is 1.03 bits per heavy atom. The van der Waals surface area contributed by atoms with Crippen LogP contribution in [-0.2, 0) is 17.8 Å². The highest BCUT2D eigenvalue weighted by Gasteiger charge is 2.29. The number of halogens is 2. The molecule has 4 rings (SSSR count). The first kappa shape index (κ1) is 25.3. The molecular formula is C27H29F2N5O2. The summed E-state index contributed by atoms with van der Waals surface area (Å²) in [7, 11) is 0. The van der Waals surface area contributed by atoms with Gasteiger partial charge in [0.15, 0.2) is 0 Å². The Morgan fingerprint density at radius 2 is 1.67 bits per heavy atom. The van der Waals surface area contributed by atoms with Crippen LogP contribution in [-0.4, -0.2) is 44.8 Å². The van der Waals surface area contributed by atoms with E-state index in [2.05, 4.69) is 20.3 Å². The summed E-state index contributed by atoms with van der Waals surface area (Å²) in [5.41, 5.74) is 3.60. The van der Waals surface area contributed by atoms with E-state index in [1.807, 2.05) is 26.0 Å². The van der Waals surface area contributed by atoms with Crippen LogP contribution in [0.2, 0.25) is 0 Å². The maximum Gasteiger partial charge on any atom is 0.254 e. The number of pyridine rings is 1. The van der Waals surface area contributed by atoms with Gasteiger partial charge in [0.2, 0.25) is 5.91 Å². The van der Waals surface area contributed by atoms with Gasteiger partial charge in [0.05, 0.1) is 17.7 Å². The van der Waals surface area contributed by atoms with Gasteiger partial charge in [0.1, 0.15) is 17.5 Å². The fraction of sp³-hybridized carbons (Fsp3) is 0.370. The van der Waals surface area contributed by atoms with Crippen molar-refractivity contribution in [1.29, 1.82) is 0 Å². The standard InChI is InChI=1S/C27H29F2N5O2/c1-16-11-19(12-17(2)32-16)14-31-27(36)22-15-30-18(3)33-26(22)20-7-9-34(10-8-20)25(35)13-21-23(28)5-4-6-24(21)29/h4-6,11-12,15,20H,7-10,13-14H2,1-3H3,(H,31,36). The molecule has 7 nitrogen and oxygen atoms in total. The fourth-order valence-electron chi connectivity index (χ4n) is 4.64. The lowest BCUT2D eigenvalue weighted by Gasteiger charge is -2.32. The van der Waals surface area contributed by atoms with Gasteiger partial charge in [-0.25, -0.2) is 18.7 Å². The fourth-order valence-corrected chi connectivity index (χ4v) is 4.64. The van der Waals surface area contributed by atoms with Gasteiger partial charge in [0, 0.05) is 48.7 Å². The molecule has 36 heavy (non-hydrogen) atoms. The highest BCUT2D eigenvalue weighted by molar-refractivity contribution is 5.95. The lowest BCUT2D eigenvalue weighted by atomic mass is 9.90. The molecule has 1 aromatic carbocycles. The molecule has 0 saturated carbocycles. The van der Waals surface area contributed by atoms with Crippen molar-refractivity contribution in [3.8, 4) is 0 Å². The van der Waals surface area contributed by atoms with Gasteiger partial charge in [-0.2, -0.15) is 0 Å². The number of rotatable bonds is 6. The Hall–Kier alpha value is -3.75. The summed E-state index contributed by atoms with van der Waals surface area (Å²) in [5, 5.41) is 2.95. The molecule has 1 fully saturated rings. The monoisotopic (exact) mass is 493 g/mol. The highest BCUT2D eigenvalue weighted by Crippen LogP contribution is 2.29. The van der Waals surface area contributed by atoms with Crippen LogP contribution in [0, 0.1) is 32.4 Å². The lowest BCUT2D eigenvalue weighted by molar-refractivity contribution is -0.131. The maximum absolute atomic E-state index is 14.0. The molecule has 3 heterocycles. The first-order valence-corrected chi connectivity index (χ1v) is 12.0. The van der Waals surface area contributed by atoms with Gasteiger partial charge < -0.3 is 10.2 Å². The minimum Gasteiger partial charge on any atom is -0.348 e. The van der Waals surface area contributed by atoms with E-state index in [-0.39, 0.29) is 29.7 Å². The molecule has 3 aromatic rings. The number of benzene rings is 1. The van der Waals surface area contributed by atoms with E-state index in [4.69, 9.17) is 0 Å². The average Bonchev–Trinajstić information content (AvgIpc) is 2.84. The Labute approximate surface area is 209 Å². The predicted octanol–water partition coefficient (Wildman–Crippen LogP) is 3.95. The Kier molecular flexibility index (Phi) is 7.67. The Morgan fingerprint density at radius 3 is 2.31 bits per heavy atom. The quantitative estimate of drug-likeness (QED) is 0.562. The van der Waals surface area contributed by atoms with Crippen molar-refractivity contribution in [3.63, 3.8) is 0 Å². The smallest absolute Gasteiger partial charge is 0.254 e. The molecule has 188 valence electrons. The van der Waals surface area contributed by atoms with Gasteiger partial charge >= 0.3 is 0 Å². The molecule has 0 atom stereocenters. The van der Waals surface area contributed by atoms with Crippen LogP contribution >= 0.6 is 0 Å². The van der Waals surface area contributed by atoms with E-state index >= 15 is 0 Å². The number of aryl methyl sites for hydroxylation is 3. The minimum absolute atomic E-state index is 0.0351. The summed E-state index contributed by atoms with van der Waals surface area (Å²) in [6.07, 6.45) is 2.40. The molecule has 2 amide bonds. The van der Waals surface area contributed by atoms with Crippen LogP contribution in [0.4, 0.5) is 8.78 Å². The molecule has 0 bridgehead atoms. The van der Waals surface area contributed by atoms with Crippen molar-refractivity contribution in [1.82, 2.24) is 25.2 Å². The number of carbonyl (C=O) groups excluding carboxylic acids is 2. The molecule has 0 radical (unpaired) electrons. The summed E-state index contributed by atoms with van der Waals surface area (Å²) in [6.45, 7) is 6.78. The van der Waals surface area contributed by atoms with E-state index < -0.39 is 11.6 Å². The number of amides is 2. The van der Waals surface area contributed by atoms with Crippen molar-refractivity contribution in [2.75, 3.05) is 13.1 Å². The molecule has 1 aliphatic heterocycles. The summed E-state index contributed by atoms with van der Waals surface area (Å²) < 4.78 is 27.9. The minimum atomic E-state index is -0.720. The highest BCUT2D eigenvalue weighted by atomic mass is 19.1. The topological polar surface area (TPSA) is 88.1 Å². The van der Waals surface area contributed by atoms with Crippen molar-refractivity contribution in [2.45, 2.75) is 52.5 Å². The van der Waals surface area contributed by atoms with Gasteiger partial charge in [-0.3, -0.25) is 14.6 Å². The molecule has 0 unspecified atom stereocenters. The number of nitrogens with one attached hydrogen (secondary N) is 1. The zero-order valence-corrected chi connectivity index (χ0v) is 20.6. The second-order valence-corrected chi connectivity index (χ2v) is 9.19. The van der Waals surface area contributed by atoms with E-state index in [0.29, 0.717) is 49.6 Å². The summed E-state index contributed by atoms with van der Waals surface area (Å²) in [5.74, 6) is -1.49. The molecule has 1 aliphatic rings. The van der Waals surface area contributed by atoms with Crippen molar-refractivity contribution < 1.29 is 18.4 Å². The number of hydrogen-bond acceptors (Lipinski definition) is 5. The lowest BCUT2D eigenvalue weighted by Crippen LogP contribution is -2.39. The number of carbonyl (C=O) groups is 2. The second kappa shape index (κ2) is 10.9. The average molecular weight is 494 g/mol. The largest absolute Gasteiger partial charge is 0.348 e. The van der Waals surface area contributed by atoms with E-state index in [9.17, 15) is 18.4 Å². The molecule has 1 saturated heterocycles.